The highest BCUT2D eigenvalue weighted by Gasteiger charge is 2.21. The number of hydrogen-bond donors (Lipinski definition) is 0. The molecule has 6 aromatic rings. The number of aryl methyl sites for hydroxylation is 3. The third kappa shape index (κ3) is 3.77. The molecule has 0 aliphatic rings. The number of hydrogen-bond acceptors (Lipinski definition) is 2. The molecule has 0 atom stereocenters. The molecule has 0 saturated heterocycles. The van der Waals surface area contributed by atoms with Gasteiger partial charge in [-0.1, -0.05) is 48.5 Å². The molecule has 3 nitrogen and oxygen atoms in total. The Morgan fingerprint density at radius 2 is 1.65 bits per heavy atom. The largest absolute Gasteiger partial charge is 0.455 e. The van der Waals surface area contributed by atoms with Gasteiger partial charge in [-0.25, -0.2) is 8.96 Å². The Hall–Kier alpha value is -4.75. The number of pyridine rings is 1. The van der Waals surface area contributed by atoms with Crippen LogP contribution >= 0.6 is 0 Å². The van der Waals surface area contributed by atoms with E-state index in [2.05, 4.69) is 12.1 Å². The van der Waals surface area contributed by atoms with Crippen LogP contribution < -0.4 is 4.57 Å². The lowest BCUT2D eigenvalue weighted by atomic mass is 9.94. The minimum atomic E-state index is -2.55. The first kappa shape index (κ1) is 19.4. The molecule has 0 amide bonds. The van der Waals surface area contributed by atoms with Crippen molar-refractivity contribution in [2.45, 2.75) is 13.8 Å². The number of rotatable bonds is 3. The summed E-state index contributed by atoms with van der Waals surface area (Å²) in [5.74, 6) is -0.781. The summed E-state index contributed by atoms with van der Waals surface area (Å²) in [7, 11) is 1.70. The van der Waals surface area contributed by atoms with E-state index in [1.165, 1.54) is 12.3 Å². The second-order valence-corrected chi connectivity index (χ2v) is 9.22. The van der Waals surface area contributed by atoms with Gasteiger partial charge in [-0.3, -0.25) is 0 Å². The van der Waals surface area contributed by atoms with Gasteiger partial charge in [0, 0.05) is 32.1 Å². The number of halogens is 1. The van der Waals surface area contributed by atoms with Crippen LogP contribution in [0.15, 0.2) is 95.5 Å². The summed E-state index contributed by atoms with van der Waals surface area (Å²) in [6.45, 7) is -0.623. The molecule has 2 heterocycles. The van der Waals surface area contributed by atoms with Gasteiger partial charge in [0.05, 0.1) is 17.2 Å². The van der Waals surface area contributed by atoms with Gasteiger partial charge in [0.2, 0.25) is 5.69 Å². The van der Waals surface area contributed by atoms with E-state index in [0.717, 1.165) is 38.6 Å². The zero-order valence-corrected chi connectivity index (χ0v) is 20.3. The van der Waals surface area contributed by atoms with Crippen molar-refractivity contribution in [3.8, 4) is 39.6 Å². The smallest absolute Gasteiger partial charge is 0.215 e. The summed E-state index contributed by atoms with van der Waals surface area (Å²) in [5.41, 5.74) is 7.18. The molecule has 0 N–H and O–H groups in total. The van der Waals surface area contributed by atoms with Crippen LogP contribution in [0.1, 0.15) is 20.8 Å². The molecule has 0 unspecified atom stereocenters. The van der Waals surface area contributed by atoms with Crippen LogP contribution in [0, 0.1) is 30.9 Å². The monoisotopic (exact) mass is 486 g/mol. The lowest BCUT2D eigenvalue weighted by molar-refractivity contribution is -0.661. The normalized spacial score (nSPS) is 12.8. The molecule has 4 heteroatoms. The summed E-state index contributed by atoms with van der Waals surface area (Å²) in [6.07, 6.45) is 1.32. The third-order valence-corrected chi connectivity index (χ3v) is 6.86. The summed E-state index contributed by atoms with van der Waals surface area (Å²) in [4.78, 5) is 0. The predicted molar refractivity (Wildman–Crippen MR) is 145 cm³/mol. The van der Waals surface area contributed by atoms with Crippen LogP contribution in [0.5, 0.6) is 0 Å². The Balaban J connectivity index is 1.56. The van der Waals surface area contributed by atoms with Crippen molar-refractivity contribution in [2.24, 2.45) is 7.05 Å². The number of aromatic nitrogens is 1. The van der Waals surface area contributed by atoms with Crippen LogP contribution in [0.2, 0.25) is 0 Å². The van der Waals surface area contributed by atoms with Gasteiger partial charge in [0.15, 0.2) is 6.20 Å². The van der Waals surface area contributed by atoms with E-state index in [1.54, 1.807) is 11.6 Å². The fourth-order valence-electron chi connectivity index (χ4n) is 5.03. The molecule has 4 aromatic carbocycles. The minimum Gasteiger partial charge on any atom is -0.455 e. The highest BCUT2D eigenvalue weighted by Crippen LogP contribution is 2.40. The van der Waals surface area contributed by atoms with Gasteiger partial charge >= 0.3 is 0 Å². The van der Waals surface area contributed by atoms with Gasteiger partial charge in [0.1, 0.15) is 24.0 Å². The van der Waals surface area contributed by atoms with Crippen LogP contribution in [0.25, 0.3) is 55.4 Å². The Kier molecular flexibility index (Phi) is 4.58. The lowest BCUT2D eigenvalue weighted by Gasteiger charge is -2.08. The van der Waals surface area contributed by atoms with Crippen molar-refractivity contribution in [1.82, 2.24) is 0 Å². The van der Waals surface area contributed by atoms with Crippen LogP contribution in [0.3, 0.4) is 0 Å². The van der Waals surface area contributed by atoms with Gasteiger partial charge < -0.3 is 4.42 Å². The highest BCUT2D eigenvalue weighted by molar-refractivity contribution is 6.11. The number of nitrogens with zero attached hydrogens (tertiary/aromatic N) is 2. The first-order valence-corrected chi connectivity index (χ1v) is 11.9. The van der Waals surface area contributed by atoms with Crippen LogP contribution in [0.4, 0.5) is 4.39 Å². The molecule has 0 fully saturated rings. The number of furan rings is 1. The topological polar surface area (TPSA) is 40.8 Å². The summed E-state index contributed by atoms with van der Waals surface area (Å²) in [6, 6.07) is 29.2. The second-order valence-electron chi connectivity index (χ2n) is 9.22. The van der Waals surface area contributed by atoms with Crippen molar-refractivity contribution in [3.05, 3.63) is 114 Å². The Morgan fingerprint density at radius 3 is 2.43 bits per heavy atom. The van der Waals surface area contributed by atoms with E-state index in [-0.39, 0.29) is 5.56 Å². The standard InChI is InChI=1S/C33H24FN2O/c1-20-14-28-26-13-12-25(18-35)32(24-11-7-10-23(15-24)22-8-5-4-6-9-22)33(26)37-31(28)16-27(20)30-17-29(34)21(2)19-36(30)3/h4-17,19H,1-3H3/q+1/i2D3. The maximum absolute atomic E-state index is 14.9. The molecule has 0 aliphatic carbocycles. The second kappa shape index (κ2) is 8.72. The van der Waals surface area contributed by atoms with Crippen molar-refractivity contribution in [3.63, 3.8) is 0 Å². The Bertz CT molecular complexity index is 1990. The van der Waals surface area contributed by atoms with Crippen molar-refractivity contribution < 1.29 is 17.5 Å². The molecule has 37 heavy (non-hydrogen) atoms. The van der Waals surface area contributed by atoms with E-state index >= 15 is 0 Å². The fourth-order valence-corrected chi connectivity index (χ4v) is 5.03. The van der Waals surface area contributed by atoms with Gasteiger partial charge in [-0.05, 0) is 66.4 Å². The molecule has 2 aromatic heterocycles. The van der Waals surface area contributed by atoms with E-state index in [9.17, 15) is 9.65 Å². The summed E-state index contributed by atoms with van der Waals surface area (Å²) >= 11 is 0. The van der Waals surface area contributed by atoms with E-state index in [1.807, 2.05) is 79.7 Å². The Morgan fingerprint density at radius 1 is 0.865 bits per heavy atom. The summed E-state index contributed by atoms with van der Waals surface area (Å²) < 4.78 is 45.8. The Labute approximate surface area is 218 Å². The average molecular weight is 487 g/mol. The molecular formula is C33H24FN2O+. The first-order chi connectivity index (χ1) is 19.2. The number of benzene rings is 4. The number of fused-ring (bicyclic) bond motifs is 3. The van der Waals surface area contributed by atoms with E-state index in [4.69, 9.17) is 8.53 Å². The van der Waals surface area contributed by atoms with E-state index in [0.29, 0.717) is 28.0 Å². The molecule has 178 valence electrons. The van der Waals surface area contributed by atoms with Gasteiger partial charge in [-0.2, -0.15) is 5.26 Å². The molecule has 0 radical (unpaired) electrons. The fraction of sp³-hybridized carbons (Fsp3) is 0.0909. The van der Waals surface area contributed by atoms with Crippen molar-refractivity contribution in [2.75, 3.05) is 0 Å². The third-order valence-electron chi connectivity index (χ3n) is 6.86. The van der Waals surface area contributed by atoms with Crippen LogP contribution in [-0.2, 0) is 7.05 Å². The zero-order valence-electron chi connectivity index (χ0n) is 23.3. The van der Waals surface area contributed by atoms with Crippen LogP contribution in [-0.4, -0.2) is 0 Å². The SMILES string of the molecule is [2H]C([2H])([2H])c1c[n+](C)c(-c2cc3oc4c(-c5cccc(-c6ccccc6)c5)c(C#N)ccc4c3cc2C)cc1F. The maximum Gasteiger partial charge on any atom is 0.215 e. The number of nitriles is 1. The van der Waals surface area contributed by atoms with E-state index < -0.39 is 12.7 Å². The molecule has 0 spiro atoms. The summed E-state index contributed by atoms with van der Waals surface area (Å²) in [5, 5.41) is 11.8. The first-order valence-electron chi connectivity index (χ1n) is 13.4. The zero-order chi connectivity index (χ0) is 28.2. The lowest BCUT2D eigenvalue weighted by Crippen LogP contribution is -2.31. The quantitative estimate of drug-likeness (QED) is 0.238. The molecule has 0 bridgehead atoms. The molecule has 6 rings (SSSR count). The van der Waals surface area contributed by atoms with Gasteiger partial charge in [-0.15, -0.1) is 0 Å². The maximum atomic E-state index is 14.9. The minimum absolute atomic E-state index is 0.326. The highest BCUT2D eigenvalue weighted by atomic mass is 19.1. The van der Waals surface area contributed by atoms with Crippen molar-refractivity contribution in [1.29, 1.82) is 5.26 Å². The molecular weight excluding hydrogens is 459 g/mol. The predicted octanol–water partition coefficient (Wildman–Crippen LogP) is 8.04. The van der Waals surface area contributed by atoms with Crippen molar-refractivity contribution >= 4 is 21.9 Å². The molecule has 0 saturated carbocycles. The van der Waals surface area contributed by atoms with Gasteiger partial charge in [0.25, 0.3) is 0 Å². The molecule has 0 aliphatic heterocycles. The average Bonchev–Trinajstić information content (AvgIpc) is 3.30.